The molecule has 0 amide bonds. The van der Waals surface area contributed by atoms with Gasteiger partial charge in [0.05, 0.1) is 0 Å². The van der Waals surface area contributed by atoms with Crippen LogP contribution in [0, 0.1) is 0 Å². The van der Waals surface area contributed by atoms with Crippen LogP contribution in [0.5, 0.6) is 0 Å². The van der Waals surface area contributed by atoms with E-state index in [1.165, 1.54) is 6.92 Å². The van der Waals surface area contributed by atoms with Gasteiger partial charge in [-0.1, -0.05) is 11.6 Å². The molecule has 0 radical (unpaired) electrons. The molecule has 0 unspecified atom stereocenters. The Morgan fingerprint density at radius 1 is 1.46 bits per heavy atom. The highest BCUT2D eigenvalue weighted by Gasteiger charge is 2.45. The number of halogens is 5. The summed E-state index contributed by atoms with van der Waals surface area (Å²) in [5.74, 6) is -2.09. The van der Waals surface area contributed by atoms with Gasteiger partial charge in [0.15, 0.2) is 5.56 Å². The molecule has 0 rings (SSSR count). The van der Waals surface area contributed by atoms with Crippen molar-refractivity contribution >= 4 is 29.0 Å². The van der Waals surface area contributed by atoms with Gasteiger partial charge in [0.1, 0.15) is 5.38 Å². The summed E-state index contributed by atoms with van der Waals surface area (Å²) >= 11 is 10.4. The quantitative estimate of drug-likeness (QED) is 0.703. The fourth-order valence-corrected chi connectivity index (χ4v) is 0.956. The summed E-state index contributed by atoms with van der Waals surface area (Å²) in [4.78, 5) is 10.5. The molecular weight excluding hydrogens is 232 g/mol. The summed E-state index contributed by atoms with van der Waals surface area (Å²) in [5, 5.41) is -1.90. The number of Topliss-reactive ketones (excluding diaryl/α,β-unsaturated/α-hetero) is 1. The Hall–Kier alpha value is -0.000000000000000111. The monoisotopic (exact) mass is 238 g/mol. The second kappa shape index (κ2) is 5.02. The second-order valence-corrected chi connectivity index (χ2v) is 2.97. The third-order valence-electron chi connectivity index (χ3n) is 1.09. The van der Waals surface area contributed by atoms with Crippen LogP contribution in [0.2, 0.25) is 0 Å². The van der Waals surface area contributed by atoms with Crippen molar-refractivity contribution in [2.45, 2.75) is 24.0 Å². The van der Waals surface area contributed by atoms with Gasteiger partial charge in [0.25, 0.3) is 5.78 Å². The predicted octanol–water partition coefficient (Wildman–Crippen LogP) is 2.33. The van der Waals surface area contributed by atoms with E-state index < -0.39 is 22.9 Å². The van der Waals surface area contributed by atoms with Gasteiger partial charge >= 0.3 is 6.18 Å². The Bertz CT molecular complexity index is 183. The zero-order valence-electron chi connectivity index (χ0n) is 6.57. The van der Waals surface area contributed by atoms with Crippen molar-refractivity contribution in [3.63, 3.8) is 0 Å². The van der Waals surface area contributed by atoms with Gasteiger partial charge in [-0.15, -0.1) is 11.6 Å². The van der Waals surface area contributed by atoms with Crippen LogP contribution >= 0.6 is 23.2 Å². The van der Waals surface area contributed by atoms with Crippen LogP contribution in [0.3, 0.4) is 0 Å². The van der Waals surface area contributed by atoms with Crippen LogP contribution in [0.4, 0.5) is 13.2 Å². The summed E-state index contributed by atoms with van der Waals surface area (Å²) in [6.45, 7) is 1.61. The lowest BCUT2D eigenvalue weighted by molar-refractivity contribution is -0.172. The zero-order chi connectivity index (χ0) is 10.6. The van der Waals surface area contributed by atoms with Crippen molar-refractivity contribution in [1.29, 1.82) is 0 Å². The first-order valence-corrected chi connectivity index (χ1v) is 4.18. The lowest BCUT2D eigenvalue weighted by Gasteiger charge is -2.15. The minimum Gasteiger partial charge on any atom is -0.361 e. The van der Waals surface area contributed by atoms with Crippen LogP contribution in [0.25, 0.3) is 0 Å². The number of hydrogen-bond acceptors (Lipinski definition) is 2. The molecule has 0 spiro atoms. The Morgan fingerprint density at radius 3 is 2.23 bits per heavy atom. The predicted molar refractivity (Wildman–Crippen MR) is 42.0 cm³/mol. The number of carbonyl (C=O) groups excluding carboxylic acids is 1. The van der Waals surface area contributed by atoms with Crippen molar-refractivity contribution < 1.29 is 22.7 Å². The first-order chi connectivity index (χ1) is 5.80. The average Bonchev–Trinajstić information content (AvgIpc) is 2.00. The van der Waals surface area contributed by atoms with Crippen LogP contribution in [0.1, 0.15) is 6.92 Å². The van der Waals surface area contributed by atoms with Gasteiger partial charge in [-0.3, -0.25) is 4.79 Å². The van der Waals surface area contributed by atoms with Crippen LogP contribution in [-0.4, -0.2) is 29.5 Å². The van der Waals surface area contributed by atoms with Crippen molar-refractivity contribution in [2.75, 3.05) is 6.61 Å². The molecule has 78 valence electrons. The van der Waals surface area contributed by atoms with E-state index in [4.69, 9.17) is 23.2 Å². The summed E-state index contributed by atoms with van der Waals surface area (Å²) < 4.78 is 39.8. The summed E-state index contributed by atoms with van der Waals surface area (Å²) in [7, 11) is 0. The van der Waals surface area contributed by atoms with E-state index in [0.717, 1.165) is 0 Å². The molecule has 0 saturated carbocycles. The standard InChI is InChI=1S/C6H7Cl2F3O2/c1-2-13-5(8)3(7)4(12)6(9,10)11/h3,5H,2H2,1H3/t3-,5+/m0/s1. The lowest BCUT2D eigenvalue weighted by atomic mass is 10.3. The van der Waals surface area contributed by atoms with E-state index in [9.17, 15) is 18.0 Å². The minimum absolute atomic E-state index is 0.0858. The Balaban J connectivity index is 4.26. The molecule has 0 heterocycles. The van der Waals surface area contributed by atoms with Crippen LogP contribution in [-0.2, 0) is 9.53 Å². The lowest BCUT2D eigenvalue weighted by Crippen LogP contribution is -2.37. The number of alkyl halides is 5. The van der Waals surface area contributed by atoms with Crippen molar-refractivity contribution in [3.05, 3.63) is 0 Å². The molecule has 0 aliphatic carbocycles. The molecule has 7 heteroatoms. The van der Waals surface area contributed by atoms with Gasteiger partial charge in [0.2, 0.25) is 0 Å². The molecule has 0 aliphatic heterocycles. The first-order valence-electron chi connectivity index (χ1n) is 3.31. The Kier molecular flexibility index (Phi) is 5.02. The highest BCUT2D eigenvalue weighted by Crippen LogP contribution is 2.24. The SMILES string of the molecule is CCO[C@@H](Cl)[C@@H](Cl)C(=O)C(F)(F)F. The van der Waals surface area contributed by atoms with Crippen molar-refractivity contribution in [2.24, 2.45) is 0 Å². The van der Waals surface area contributed by atoms with Crippen LogP contribution in [0.15, 0.2) is 0 Å². The highest BCUT2D eigenvalue weighted by atomic mass is 35.5. The van der Waals surface area contributed by atoms with Crippen molar-refractivity contribution in [3.8, 4) is 0 Å². The third kappa shape index (κ3) is 4.15. The second-order valence-electron chi connectivity index (χ2n) is 2.07. The number of hydrogen-bond donors (Lipinski definition) is 0. The van der Waals surface area contributed by atoms with Gasteiger partial charge < -0.3 is 4.74 Å². The maximum atomic E-state index is 11.8. The largest absolute Gasteiger partial charge is 0.451 e. The molecule has 0 aromatic carbocycles. The Labute approximate surface area is 82.9 Å². The topological polar surface area (TPSA) is 26.3 Å². The Morgan fingerprint density at radius 2 is 1.92 bits per heavy atom. The molecule has 0 fully saturated rings. The molecule has 2 atom stereocenters. The van der Waals surface area contributed by atoms with E-state index in [0.29, 0.717) is 0 Å². The molecule has 13 heavy (non-hydrogen) atoms. The maximum absolute atomic E-state index is 11.8. The van der Waals surface area contributed by atoms with E-state index in [-0.39, 0.29) is 6.61 Å². The summed E-state index contributed by atoms with van der Waals surface area (Å²) in [6.07, 6.45) is -4.98. The molecule has 2 nitrogen and oxygen atoms in total. The normalized spacial score (nSPS) is 16.8. The molecule has 0 bridgehead atoms. The van der Waals surface area contributed by atoms with Gasteiger partial charge in [-0.2, -0.15) is 13.2 Å². The molecular formula is C6H7Cl2F3O2. The number of ether oxygens (including phenoxy) is 1. The maximum Gasteiger partial charge on any atom is 0.451 e. The molecule has 0 saturated heterocycles. The third-order valence-corrected chi connectivity index (χ3v) is 2.02. The number of carbonyl (C=O) groups is 1. The van der Waals surface area contributed by atoms with E-state index in [2.05, 4.69) is 4.74 Å². The number of rotatable bonds is 4. The minimum atomic E-state index is -4.98. The molecule has 0 aromatic heterocycles. The molecule has 0 N–H and O–H groups in total. The molecule has 0 aromatic rings. The summed E-state index contributed by atoms with van der Waals surface area (Å²) in [6, 6.07) is 0. The summed E-state index contributed by atoms with van der Waals surface area (Å²) in [5.41, 5.74) is -1.46. The van der Waals surface area contributed by atoms with E-state index >= 15 is 0 Å². The van der Waals surface area contributed by atoms with Crippen molar-refractivity contribution in [1.82, 2.24) is 0 Å². The van der Waals surface area contributed by atoms with E-state index in [1.807, 2.05) is 0 Å². The first kappa shape index (κ1) is 13.0. The van der Waals surface area contributed by atoms with Gasteiger partial charge in [-0.25, -0.2) is 0 Å². The fourth-order valence-electron chi connectivity index (χ4n) is 0.519. The van der Waals surface area contributed by atoms with Gasteiger partial charge in [0, 0.05) is 6.61 Å². The van der Waals surface area contributed by atoms with Crippen LogP contribution < -0.4 is 0 Å². The van der Waals surface area contributed by atoms with E-state index in [1.54, 1.807) is 0 Å². The highest BCUT2D eigenvalue weighted by molar-refractivity contribution is 6.37. The fraction of sp³-hybridized carbons (Fsp3) is 0.833. The smallest absolute Gasteiger partial charge is 0.361 e. The zero-order valence-corrected chi connectivity index (χ0v) is 8.08. The van der Waals surface area contributed by atoms with Gasteiger partial charge in [-0.05, 0) is 6.92 Å². The average molecular weight is 239 g/mol. The number of ketones is 1. The molecule has 0 aliphatic rings.